The first-order valence-electron chi connectivity index (χ1n) is 42.7. The van der Waals surface area contributed by atoms with E-state index in [1.165, 1.54) is 5.52 Å². The van der Waals surface area contributed by atoms with E-state index in [1.54, 1.807) is 96.9 Å². The first kappa shape index (κ1) is 87.4. The summed E-state index contributed by atoms with van der Waals surface area (Å²) < 4.78 is 31.4. The molecule has 5 aliphatic heterocycles. The Balaban J connectivity index is 0.000000128. The average Bonchev–Trinajstić information content (AvgIpc) is 1.53. The summed E-state index contributed by atoms with van der Waals surface area (Å²) >= 11 is 0. The van der Waals surface area contributed by atoms with Gasteiger partial charge in [-0.05, 0) is 118 Å². The smallest absolute Gasteiger partial charge is 0.253 e. The number of ether oxygens (including phenoxy) is 4. The fraction of sp³-hybridized carbons (Fsp3) is 0.258. The maximum Gasteiger partial charge on any atom is 0.253 e. The highest BCUT2D eigenvalue weighted by Crippen LogP contribution is 2.43. The Morgan fingerprint density at radius 2 is 0.838 bits per heavy atom. The summed E-state index contributed by atoms with van der Waals surface area (Å²) in [5.74, 6) is 9.18. The van der Waals surface area contributed by atoms with Gasteiger partial charge in [-0.3, -0.25) is 28.8 Å². The molecule has 37 nitrogen and oxygen atoms in total. The number of morpholine rings is 1. The van der Waals surface area contributed by atoms with Crippen LogP contribution in [0.2, 0.25) is 0 Å². The van der Waals surface area contributed by atoms with Gasteiger partial charge in [0.25, 0.3) is 23.6 Å². The van der Waals surface area contributed by atoms with Gasteiger partial charge in [0.15, 0.2) is 17.1 Å². The molecule has 0 spiro atoms. The Morgan fingerprint density at radius 3 is 1.26 bits per heavy atom. The first-order valence-corrected chi connectivity index (χ1v) is 42.7. The zero-order valence-corrected chi connectivity index (χ0v) is 73.4. The van der Waals surface area contributed by atoms with Crippen molar-refractivity contribution in [2.75, 3.05) is 172 Å². The minimum Gasteiger partial charge on any atom is -0.493 e. The lowest BCUT2D eigenvalue weighted by Gasteiger charge is -2.26. The molecule has 0 atom stereocenters. The van der Waals surface area contributed by atoms with Crippen molar-refractivity contribution in [3.05, 3.63) is 226 Å². The molecule has 14 aromatic rings. The van der Waals surface area contributed by atoms with Gasteiger partial charge in [-0.15, -0.1) is 0 Å². The van der Waals surface area contributed by atoms with Crippen molar-refractivity contribution in [3.63, 3.8) is 0 Å². The van der Waals surface area contributed by atoms with Gasteiger partial charge >= 0.3 is 0 Å². The summed E-state index contributed by atoms with van der Waals surface area (Å²) in [5.41, 5.74) is 14.1. The number of hydrogen-bond acceptors (Lipinski definition) is 31. The minimum absolute atomic E-state index is 0.151. The Kier molecular flexibility index (Phi) is 27.2. The first-order chi connectivity index (χ1) is 63.5. The Labute approximate surface area is 749 Å². The summed E-state index contributed by atoms with van der Waals surface area (Å²) in [7, 11) is 13.0. The second kappa shape index (κ2) is 40.5. The largest absolute Gasteiger partial charge is 0.493 e. The van der Waals surface area contributed by atoms with Crippen LogP contribution in [0, 0.1) is 6.92 Å². The molecule has 0 saturated carbocycles. The molecule has 668 valence electrons. The van der Waals surface area contributed by atoms with Crippen LogP contribution in [-0.4, -0.2) is 191 Å². The number of benzene rings is 7. The number of para-hydroxylation sites is 5. The van der Waals surface area contributed by atoms with Crippen LogP contribution in [0.4, 0.5) is 116 Å². The second-order valence-corrected chi connectivity index (χ2v) is 30.5. The molecular formula is C93H102N28O9. The lowest BCUT2D eigenvalue weighted by Crippen LogP contribution is -2.37. The monoisotopic (exact) mass is 1750 g/mol. The van der Waals surface area contributed by atoms with E-state index >= 15 is 0 Å². The average molecular weight is 1760 g/mol. The maximum absolute atomic E-state index is 12.4. The van der Waals surface area contributed by atoms with E-state index in [-0.39, 0.29) is 23.6 Å². The van der Waals surface area contributed by atoms with Crippen LogP contribution < -0.4 is 99.3 Å². The topological polar surface area (TPSA) is 440 Å². The molecule has 37 heteroatoms. The molecule has 5 aliphatic rings. The molecule has 1 fully saturated rings. The maximum atomic E-state index is 12.4. The van der Waals surface area contributed by atoms with Crippen LogP contribution in [0.25, 0.3) is 21.9 Å². The van der Waals surface area contributed by atoms with Crippen molar-refractivity contribution >= 4 is 161 Å². The van der Waals surface area contributed by atoms with E-state index < -0.39 is 0 Å². The fourth-order valence-electron chi connectivity index (χ4n) is 15.8. The molecule has 0 bridgehead atoms. The predicted molar refractivity (Wildman–Crippen MR) is 507 cm³/mol. The highest BCUT2D eigenvalue weighted by Gasteiger charge is 2.28. The third kappa shape index (κ3) is 19.9. The van der Waals surface area contributed by atoms with E-state index in [9.17, 15) is 19.2 Å². The van der Waals surface area contributed by atoms with Gasteiger partial charge in [-0.25, -0.2) is 0 Å². The number of aromatic nitrogens is 11. The van der Waals surface area contributed by atoms with Crippen molar-refractivity contribution in [2.24, 2.45) is 7.05 Å². The molecule has 7 aromatic heterocycles. The molecular weight excluding hydrogens is 1650 g/mol. The number of furan rings is 1. The van der Waals surface area contributed by atoms with Crippen LogP contribution in [0.5, 0.6) is 17.2 Å². The third-order valence-electron chi connectivity index (χ3n) is 22.2. The molecule has 1 saturated heterocycles. The second-order valence-electron chi connectivity index (χ2n) is 30.5. The van der Waals surface area contributed by atoms with Crippen LogP contribution in [0.3, 0.4) is 0 Å². The zero-order chi connectivity index (χ0) is 90.2. The van der Waals surface area contributed by atoms with Gasteiger partial charge in [0.2, 0.25) is 29.5 Å². The Morgan fingerprint density at radius 1 is 0.431 bits per heavy atom. The van der Waals surface area contributed by atoms with Crippen LogP contribution in [-0.2, 0) is 44.0 Å². The van der Waals surface area contributed by atoms with Crippen molar-refractivity contribution in [1.82, 2.24) is 80.4 Å². The fourth-order valence-corrected chi connectivity index (χ4v) is 15.8. The summed E-state index contributed by atoms with van der Waals surface area (Å²) in [6.45, 7) is 10.8. The number of carbonyl (C=O) groups excluding carboxylic acids is 4. The lowest BCUT2D eigenvalue weighted by molar-refractivity contribution is 0.0369. The molecule has 16 N–H and O–H groups in total. The van der Waals surface area contributed by atoms with E-state index in [0.29, 0.717) is 115 Å². The molecule has 12 heterocycles. The van der Waals surface area contributed by atoms with E-state index in [4.69, 9.17) is 43.3 Å². The third-order valence-corrected chi connectivity index (χ3v) is 22.2. The number of aryl methyl sites for hydroxylation is 3. The lowest BCUT2D eigenvalue weighted by atomic mass is 10.1. The number of nitrogens with zero attached hydrogens (tertiary/aromatic N) is 12. The number of amides is 4. The van der Waals surface area contributed by atoms with Crippen LogP contribution in [0.1, 0.15) is 75.8 Å². The summed E-state index contributed by atoms with van der Waals surface area (Å²) in [6, 6.07) is 51.1. The summed E-state index contributed by atoms with van der Waals surface area (Å²) in [5, 5.41) is 56.9. The standard InChI is InChI=1S/C29H34N8O2.C23H26N6O4.C22H20N6O2.C19H22N8O/c1-30-28(38)21-6-2-3-7-24(21)32-27-22-10-12-31-26(22)34-29(35-27)33-23-8-4-9-25-20(23)11-15-37(25)14-5-13-36-16-18-39-19-17-36;1-24-22(30)14-7-5-6-8-16(14)27-21-15-9-10-25-20(15)28-23(29-21)26-13-11-17(31-2)19(33-4)18(12-13)32-3;1-23-21(29)14-6-2-3-7-16(14)25-20-15-9-11-24-19(15)27-22(28-20)26-17-8-4-5-13-10-12-30-18(13)17;1-11-10-15(27(3)26-11)23-19-24-16-13(8-9-21-16)17(25-19)22-14-7-5-4-6-12(14)18(28)20-2/h2-4,6-9,11,15H,5,10,12-14,16-19H2,1H3,(H,30,38)(H3,31,32,33,34,35);5-8,11-12H,9-10H2,1-4H3,(H,24,30)(H3,25,26,27,28,29);2-8,10,12H,9,11H2,1H3,(H,23,29)(H3,24,25,26,27,28);4-7,10H,8-9H2,1-3H3,(H,20,28)(H3,21,22,23,24,25). The van der Waals surface area contributed by atoms with Crippen LogP contribution in [0.15, 0.2) is 181 Å². The number of hydrogen-bond donors (Lipinski definition) is 16. The Hall–Kier alpha value is -16.1. The van der Waals surface area contributed by atoms with Gasteiger partial charge in [0.05, 0.1) is 108 Å². The van der Waals surface area contributed by atoms with Crippen LogP contribution >= 0.6 is 0 Å². The molecule has 130 heavy (non-hydrogen) atoms. The van der Waals surface area contributed by atoms with Gasteiger partial charge < -0.3 is 113 Å². The molecule has 0 unspecified atom stereocenters. The zero-order valence-electron chi connectivity index (χ0n) is 73.4. The van der Waals surface area contributed by atoms with E-state index in [2.05, 4.69) is 150 Å². The van der Waals surface area contributed by atoms with Crippen molar-refractivity contribution in [1.29, 1.82) is 0 Å². The molecule has 7 aromatic carbocycles. The number of nitrogens with one attached hydrogen (secondary N) is 16. The predicted octanol–water partition coefficient (Wildman–Crippen LogP) is 13.7. The van der Waals surface area contributed by atoms with Crippen molar-refractivity contribution in [3.8, 4) is 17.2 Å². The van der Waals surface area contributed by atoms with E-state index in [0.717, 1.165) is 182 Å². The number of carbonyl (C=O) groups is 4. The minimum atomic E-state index is -0.183. The molecule has 0 radical (unpaired) electrons. The van der Waals surface area contributed by atoms with E-state index in [1.807, 2.05) is 117 Å². The SMILES string of the molecule is CNC(=O)c1ccccc1Nc1nc(Nc2cc(C)nn2C)nc2c1CCN2.CNC(=O)c1ccccc1Nc1nc(Nc2cc(OC)c(OC)c(OC)c2)nc2c1CCN2.CNC(=O)c1ccccc1Nc1nc(Nc2cccc3c2ccn3CCCN2CCOCC2)nc2c1CCN2.CNC(=O)c1ccccc1Nc1nc(Nc2cccc3ccoc23)nc2c1CCN2. The van der Waals surface area contributed by atoms with Gasteiger partial charge in [-0.2, -0.15) is 45.0 Å². The summed E-state index contributed by atoms with van der Waals surface area (Å²) in [6.07, 6.45) is 8.09. The van der Waals surface area contributed by atoms with Crippen molar-refractivity contribution < 1.29 is 42.5 Å². The Bertz CT molecular complexity index is 6460. The van der Waals surface area contributed by atoms with Gasteiger partial charge in [0, 0.05) is 151 Å². The quantitative estimate of drug-likeness (QED) is 0.0227. The highest BCUT2D eigenvalue weighted by atomic mass is 16.5. The normalized spacial score (nSPS) is 13.0. The van der Waals surface area contributed by atoms with Gasteiger partial charge in [0.1, 0.15) is 52.4 Å². The molecule has 19 rings (SSSR count). The highest BCUT2D eigenvalue weighted by molar-refractivity contribution is 6.03. The molecule has 0 aliphatic carbocycles. The summed E-state index contributed by atoms with van der Waals surface area (Å²) in [4.78, 5) is 89.1. The van der Waals surface area contributed by atoms with Gasteiger partial charge in [-0.1, -0.05) is 66.7 Å². The number of anilines is 20. The number of fused-ring (bicyclic) bond motifs is 6. The molecule has 4 amide bonds. The number of rotatable bonds is 27. The number of methoxy groups -OCH3 is 3. The van der Waals surface area contributed by atoms with Crippen molar-refractivity contribution in [2.45, 2.75) is 45.6 Å².